The number of aliphatic hydroxyl groups is 1. The van der Waals surface area contributed by atoms with Crippen molar-refractivity contribution in [1.29, 1.82) is 0 Å². The van der Waals surface area contributed by atoms with Crippen LogP contribution >= 0.6 is 0 Å². The van der Waals surface area contributed by atoms with Gasteiger partial charge in [0.25, 0.3) is 0 Å². The Morgan fingerprint density at radius 2 is 1.67 bits per heavy atom. The van der Waals surface area contributed by atoms with Crippen LogP contribution in [0.1, 0.15) is 46.7 Å². The zero-order chi connectivity index (χ0) is 13.3. The Balaban J connectivity index is 2.34. The first-order valence-corrected chi connectivity index (χ1v) is 6.47. The zero-order valence-corrected chi connectivity index (χ0v) is 11.5. The van der Waals surface area contributed by atoms with E-state index in [9.17, 15) is 5.11 Å². The Kier molecular flexibility index (Phi) is 3.58. The molecule has 96 valence electrons. The molecule has 2 N–H and O–H groups in total. The smallest absolute Gasteiger partial charge is 0.119 e. The van der Waals surface area contributed by atoms with E-state index in [2.05, 4.69) is 37.9 Å². The monoisotopic (exact) mass is 243 g/mol. The maximum Gasteiger partial charge on any atom is 0.119 e. The summed E-state index contributed by atoms with van der Waals surface area (Å²) in [6.45, 7) is 8.31. The zero-order valence-electron chi connectivity index (χ0n) is 11.5. The van der Waals surface area contributed by atoms with Gasteiger partial charge in [-0.05, 0) is 49.4 Å². The lowest BCUT2D eigenvalue weighted by molar-refractivity contribution is 0.215. The van der Waals surface area contributed by atoms with Crippen LogP contribution in [0.2, 0.25) is 0 Å². The second-order valence-corrected chi connectivity index (χ2v) is 4.91. The van der Waals surface area contributed by atoms with Gasteiger partial charge >= 0.3 is 0 Å². The highest BCUT2D eigenvalue weighted by molar-refractivity contribution is 5.39. The van der Waals surface area contributed by atoms with Crippen LogP contribution in [-0.4, -0.2) is 10.1 Å². The minimum absolute atomic E-state index is 0.566. The van der Waals surface area contributed by atoms with E-state index in [4.69, 9.17) is 0 Å². The largest absolute Gasteiger partial charge is 0.382 e. The third-order valence-corrected chi connectivity index (χ3v) is 3.83. The molecular weight excluding hydrogens is 222 g/mol. The molecule has 18 heavy (non-hydrogen) atoms. The molecule has 1 heterocycles. The van der Waals surface area contributed by atoms with E-state index in [-0.39, 0.29) is 0 Å². The number of rotatable bonds is 3. The highest BCUT2D eigenvalue weighted by Crippen LogP contribution is 2.27. The molecule has 0 amide bonds. The highest BCUT2D eigenvalue weighted by atomic mass is 16.3. The van der Waals surface area contributed by atoms with E-state index >= 15 is 0 Å². The summed E-state index contributed by atoms with van der Waals surface area (Å²) in [5.41, 5.74) is 6.66. The third-order valence-electron chi connectivity index (χ3n) is 3.83. The molecule has 0 fully saturated rings. The fourth-order valence-corrected chi connectivity index (χ4v) is 2.25. The van der Waals surface area contributed by atoms with Gasteiger partial charge in [0.05, 0.1) is 5.69 Å². The lowest BCUT2D eigenvalue weighted by Gasteiger charge is -2.11. The van der Waals surface area contributed by atoms with E-state index in [1.807, 2.05) is 19.1 Å². The summed E-state index contributed by atoms with van der Waals surface area (Å²) in [4.78, 5) is 3.29. The van der Waals surface area contributed by atoms with Crippen LogP contribution in [0.15, 0.2) is 24.3 Å². The molecule has 0 bridgehead atoms. The van der Waals surface area contributed by atoms with Crippen molar-refractivity contribution < 1.29 is 5.11 Å². The van der Waals surface area contributed by atoms with E-state index in [0.717, 1.165) is 28.9 Å². The van der Waals surface area contributed by atoms with E-state index < -0.39 is 6.10 Å². The molecule has 2 heteroatoms. The van der Waals surface area contributed by atoms with Crippen LogP contribution in [-0.2, 0) is 6.42 Å². The Hall–Kier alpha value is -1.54. The van der Waals surface area contributed by atoms with Gasteiger partial charge in [0.1, 0.15) is 6.10 Å². The molecule has 2 nitrogen and oxygen atoms in total. The van der Waals surface area contributed by atoms with Crippen LogP contribution in [0.3, 0.4) is 0 Å². The maximum absolute atomic E-state index is 10.4. The predicted molar refractivity (Wildman–Crippen MR) is 74.9 cm³/mol. The molecule has 1 aromatic carbocycles. The quantitative estimate of drug-likeness (QED) is 0.849. The second kappa shape index (κ2) is 4.99. The van der Waals surface area contributed by atoms with Gasteiger partial charge in [0.15, 0.2) is 0 Å². The molecule has 1 aromatic heterocycles. The van der Waals surface area contributed by atoms with Gasteiger partial charge in [0, 0.05) is 5.69 Å². The van der Waals surface area contributed by atoms with Crippen molar-refractivity contribution >= 4 is 0 Å². The molecule has 0 spiro atoms. The topological polar surface area (TPSA) is 36.0 Å². The number of benzene rings is 1. The summed E-state index contributed by atoms with van der Waals surface area (Å²) in [6, 6.07) is 8.18. The van der Waals surface area contributed by atoms with E-state index in [0.29, 0.717) is 0 Å². The number of hydrogen-bond acceptors (Lipinski definition) is 1. The Morgan fingerprint density at radius 3 is 2.11 bits per heavy atom. The fourth-order valence-electron chi connectivity index (χ4n) is 2.25. The molecule has 2 rings (SSSR count). The molecule has 0 aliphatic heterocycles. The van der Waals surface area contributed by atoms with Crippen molar-refractivity contribution in [1.82, 2.24) is 4.98 Å². The minimum Gasteiger partial charge on any atom is -0.382 e. The van der Waals surface area contributed by atoms with Gasteiger partial charge in [-0.15, -0.1) is 0 Å². The van der Waals surface area contributed by atoms with Gasteiger partial charge in [-0.2, -0.15) is 0 Å². The highest BCUT2D eigenvalue weighted by Gasteiger charge is 2.17. The number of aromatic amines is 1. The number of H-pyrrole nitrogens is 1. The predicted octanol–water partition coefficient (Wildman–Crippen LogP) is 3.58. The second-order valence-electron chi connectivity index (χ2n) is 4.91. The van der Waals surface area contributed by atoms with Crippen LogP contribution in [0, 0.1) is 20.8 Å². The molecule has 1 unspecified atom stereocenters. The Labute approximate surface area is 109 Å². The number of nitrogens with one attached hydrogen (secondary N) is 1. The summed E-state index contributed by atoms with van der Waals surface area (Å²) in [5, 5.41) is 10.4. The van der Waals surface area contributed by atoms with Crippen LogP contribution in [0.4, 0.5) is 0 Å². The number of aliphatic hydroxyl groups excluding tert-OH is 1. The molecule has 1 atom stereocenters. The van der Waals surface area contributed by atoms with Gasteiger partial charge in [-0.1, -0.05) is 31.2 Å². The van der Waals surface area contributed by atoms with Crippen LogP contribution in [0.25, 0.3) is 0 Å². The third kappa shape index (κ3) is 2.21. The lowest BCUT2D eigenvalue weighted by atomic mass is 10.0. The summed E-state index contributed by atoms with van der Waals surface area (Å²) in [5.74, 6) is 0. The SMILES string of the molecule is CCc1ccc(C(O)c2[nH]c(C)c(C)c2C)cc1. The van der Waals surface area contributed by atoms with Gasteiger partial charge < -0.3 is 10.1 Å². The molecular formula is C16H21NO. The molecule has 0 aliphatic carbocycles. The molecule has 0 saturated carbocycles. The van der Waals surface area contributed by atoms with Crippen molar-refractivity contribution in [3.8, 4) is 0 Å². The number of hydrogen-bond donors (Lipinski definition) is 2. The van der Waals surface area contributed by atoms with E-state index in [1.54, 1.807) is 0 Å². The fraction of sp³-hybridized carbons (Fsp3) is 0.375. The Morgan fingerprint density at radius 1 is 1.06 bits per heavy atom. The van der Waals surface area contributed by atoms with Gasteiger partial charge in [0.2, 0.25) is 0 Å². The van der Waals surface area contributed by atoms with Crippen molar-refractivity contribution in [3.05, 3.63) is 57.9 Å². The summed E-state index contributed by atoms with van der Waals surface area (Å²) in [6.07, 6.45) is 0.458. The standard InChI is InChI=1S/C16H21NO/c1-5-13-6-8-14(9-7-13)16(18)15-11(3)10(2)12(4)17-15/h6-9,16-18H,5H2,1-4H3. The van der Waals surface area contributed by atoms with Crippen molar-refractivity contribution in [2.75, 3.05) is 0 Å². The number of aromatic nitrogens is 1. The van der Waals surface area contributed by atoms with Crippen LogP contribution < -0.4 is 0 Å². The van der Waals surface area contributed by atoms with Crippen molar-refractivity contribution in [3.63, 3.8) is 0 Å². The first kappa shape index (κ1) is 12.9. The summed E-state index contributed by atoms with van der Waals surface area (Å²) >= 11 is 0. The first-order chi connectivity index (χ1) is 8.54. The number of aryl methyl sites for hydroxylation is 2. The molecule has 0 radical (unpaired) electrons. The average molecular weight is 243 g/mol. The average Bonchev–Trinajstić information content (AvgIpc) is 2.66. The van der Waals surface area contributed by atoms with E-state index in [1.165, 1.54) is 11.1 Å². The normalized spacial score (nSPS) is 12.7. The maximum atomic E-state index is 10.4. The van der Waals surface area contributed by atoms with Crippen molar-refractivity contribution in [2.45, 2.75) is 40.2 Å². The summed E-state index contributed by atoms with van der Waals surface area (Å²) in [7, 11) is 0. The lowest BCUT2D eigenvalue weighted by Crippen LogP contribution is -2.02. The minimum atomic E-state index is -0.566. The Bertz CT molecular complexity index is 537. The van der Waals surface area contributed by atoms with Crippen LogP contribution in [0.5, 0.6) is 0 Å². The molecule has 0 saturated heterocycles. The molecule has 2 aromatic rings. The first-order valence-electron chi connectivity index (χ1n) is 6.47. The molecule has 0 aliphatic rings. The van der Waals surface area contributed by atoms with Crippen molar-refractivity contribution in [2.24, 2.45) is 0 Å². The van der Waals surface area contributed by atoms with Gasteiger partial charge in [-0.25, -0.2) is 0 Å². The summed E-state index contributed by atoms with van der Waals surface area (Å²) < 4.78 is 0. The van der Waals surface area contributed by atoms with Gasteiger partial charge in [-0.3, -0.25) is 0 Å².